The van der Waals surface area contributed by atoms with Crippen LogP contribution in [0.2, 0.25) is 0 Å². The lowest BCUT2D eigenvalue weighted by molar-refractivity contribution is 0.00654. The SMILES string of the molecule is OC[C@H]1NC[C@@H](O)C[C@@H]1O. The van der Waals surface area contributed by atoms with Crippen molar-refractivity contribution in [3.05, 3.63) is 0 Å². The molecule has 1 aliphatic rings. The quantitative estimate of drug-likeness (QED) is 0.348. The van der Waals surface area contributed by atoms with E-state index in [4.69, 9.17) is 15.3 Å². The minimum atomic E-state index is -0.617. The Balaban J connectivity index is 2.36. The van der Waals surface area contributed by atoms with Gasteiger partial charge in [-0.1, -0.05) is 0 Å². The van der Waals surface area contributed by atoms with E-state index in [1.165, 1.54) is 0 Å². The number of hydrogen-bond donors (Lipinski definition) is 4. The van der Waals surface area contributed by atoms with Gasteiger partial charge in [0.05, 0.1) is 24.9 Å². The van der Waals surface area contributed by atoms with Crippen LogP contribution in [0.3, 0.4) is 0 Å². The van der Waals surface area contributed by atoms with Crippen LogP contribution in [0.25, 0.3) is 0 Å². The molecule has 10 heavy (non-hydrogen) atoms. The van der Waals surface area contributed by atoms with Gasteiger partial charge >= 0.3 is 0 Å². The summed E-state index contributed by atoms with van der Waals surface area (Å²) in [5.74, 6) is 0. The second-order valence-electron chi connectivity index (χ2n) is 2.65. The second kappa shape index (κ2) is 3.30. The normalized spacial score (nSPS) is 41.7. The highest BCUT2D eigenvalue weighted by Gasteiger charge is 2.26. The van der Waals surface area contributed by atoms with E-state index in [1.807, 2.05) is 0 Å². The molecule has 1 saturated heterocycles. The molecule has 4 heteroatoms. The molecule has 4 nitrogen and oxygen atoms in total. The highest BCUT2D eigenvalue weighted by atomic mass is 16.3. The molecule has 0 aliphatic carbocycles. The number of β-amino-alcohol motifs (C(OH)–C–C–N with tert-alkyl or cyclic N) is 1. The zero-order valence-electron chi connectivity index (χ0n) is 5.70. The van der Waals surface area contributed by atoms with Crippen molar-refractivity contribution in [1.82, 2.24) is 5.32 Å². The van der Waals surface area contributed by atoms with Crippen LogP contribution in [-0.4, -0.2) is 46.7 Å². The van der Waals surface area contributed by atoms with Crippen LogP contribution in [-0.2, 0) is 0 Å². The summed E-state index contributed by atoms with van der Waals surface area (Å²) >= 11 is 0. The predicted molar refractivity (Wildman–Crippen MR) is 35.5 cm³/mol. The Morgan fingerprint density at radius 1 is 1.40 bits per heavy atom. The van der Waals surface area contributed by atoms with Crippen LogP contribution < -0.4 is 5.32 Å². The number of aliphatic hydroxyl groups is 3. The van der Waals surface area contributed by atoms with Crippen molar-refractivity contribution in [2.24, 2.45) is 0 Å². The van der Waals surface area contributed by atoms with Crippen LogP contribution >= 0.6 is 0 Å². The molecule has 0 unspecified atom stereocenters. The fourth-order valence-electron chi connectivity index (χ4n) is 1.14. The summed E-state index contributed by atoms with van der Waals surface area (Å²) in [6.45, 7) is 0.385. The minimum absolute atomic E-state index is 0.0755. The Kier molecular flexibility index (Phi) is 2.62. The van der Waals surface area contributed by atoms with Gasteiger partial charge in [-0.15, -0.1) is 0 Å². The Hall–Kier alpha value is -0.160. The van der Waals surface area contributed by atoms with Gasteiger partial charge in [-0.3, -0.25) is 0 Å². The van der Waals surface area contributed by atoms with Gasteiger partial charge in [0.15, 0.2) is 0 Å². The average molecular weight is 147 g/mol. The van der Waals surface area contributed by atoms with E-state index in [9.17, 15) is 0 Å². The standard InChI is InChI=1S/C6H13NO3/c8-3-5-6(10)1-4(9)2-7-5/h4-10H,1-3H2/t4-,5+,6-/m0/s1. The van der Waals surface area contributed by atoms with Crippen molar-refractivity contribution >= 4 is 0 Å². The van der Waals surface area contributed by atoms with Gasteiger partial charge in [-0.25, -0.2) is 0 Å². The first-order valence-electron chi connectivity index (χ1n) is 3.44. The van der Waals surface area contributed by atoms with Crippen LogP contribution in [0, 0.1) is 0 Å². The van der Waals surface area contributed by atoms with E-state index in [1.54, 1.807) is 0 Å². The third kappa shape index (κ3) is 1.67. The molecule has 0 amide bonds. The predicted octanol–water partition coefficient (Wildman–Crippen LogP) is -1.94. The minimum Gasteiger partial charge on any atom is -0.395 e. The topological polar surface area (TPSA) is 72.7 Å². The highest BCUT2D eigenvalue weighted by molar-refractivity contribution is 4.84. The van der Waals surface area contributed by atoms with Gasteiger partial charge in [-0.2, -0.15) is 0 Å². The smallest absolute Gasteiger partial charge is 0.0740 e. The van der Waals surface area contributed by atoms with Gasteiger partial charge in [0.1, 0.15) is 0 Å². The molecule has 0 aromatic carbocycles. The molecule has 1 rings (SSSR count). The van der Waals surface area contributed by atoms with Gasteiger partial charge < -0.3 is 20.6 Å². The number of nitrogens with one attached hydrogen (secondary N) is 1. The first-order valence-corrected chi connectivity index (χ1v) is 3.44. The van der Waals surface area contributed by atoms with Crippen molar-refractivity contribution in [3.63, 3.8) is 0 Å². The maximum Gasteiger partial charge on any atom is 0.0740 e. The molecule has 0 spiro atoms. The fraction of sp³-hybridized carbons (Fsp3) is 1.00. The van der Waals surface area contributed by atoms with Crippen LogP contribution in [0.1, 0.15) is 6.42 Å². The summed E-state index contributed by atoms with van der Waals surface area (Å²) < 4.78 is 0. The zero-order chi connectivity index (χ0) is 7.56. The Morgan fingerprint density at radius 2 is 2.10 bits per heavy atom. The van der Waals surface area contributed by atoms with E-state index in [0.29, 0.717) is 13.0 Å². The molecule has 4 N–H and O–H groups in total. The highest BCUT2D eigenvalue weighted by Crippen LogP contribution is 2.07. The lowest BCUT2D eigenvalue weighted by Crippen LogP contribution is -2.52. The molecule has 0 aromatic rings. The molecule has 0 bridgehead atoms. The van der Waals surface area contributed by atoms with Crippen LogP contribution in [0.5, 0.6) is 0 Å². The summed E-state index contributed by atoms with van der Waals surface area (Å²) in [5, 5.41) is 29.6. The van der Waals surface area contributed by atoms with Gasteiger partial charge in [0, 0.05) is 13.0 Å². The Labute approximate surface area is 59.5 Å². The van der Waals surface area contributed by atoms with Crippen LogP contribution in [0.15, 0.2) is 0 Å². The molecule has 0 aromatic heterocycles. The number of hydrogen-bond acceptors (Lipinski definition) is 4. The Bertz CT molecular complexity index is 109. The fourth-order valence-corrected chi connectivity index (χ4v) is 1.14. The average Bonchev–Trinajstić information content (AvgIpc) is 1.88. The van der Waals surface area contributed by atoms with E-state index in [-0.39, 0.29) is 12.6 Å². The molecular weight excluding hydrogens is 134 g/mol. The van der Waals surface area contributed by atoms with E-state index >= 15 is 0 Å². The summed E-state index contributed by atoms with van der Waals surface area (Å²) in [6.07, 6.45) is -0.732. The molecule has 0 radical (unpaired) electrons. The van der Waals surface area contributed by atoms with Crippen molar-refractivity contribution in [1.29, 1.82) is 0 Å². The third-order valence-corrected chi connectivity index (χ3v) is 1.79. The maximum atomic E-state index is 9.16. The summed E-state index contributed by atoms with van der Waals surface area (Å²) in [4.78, 5) is 0. The van der Waals surface area contributed by atoms with Gasteiger partial charge in [0.2, 0.25) is 0 Å². The molecule has 1 heterocycles. The van der Waals surface area contributed by atoms with E-state index in [0.717, 1.165) is 0 Å². The molecular formula is C6H13NO3. The zero-order valence-corrected chi connectivity index (χ0v) is 5.70. The van der Waals surface area contributed by atoms with Crippen molar-refractivity contribution in [3.8, 4) is 0 Å². The molecule has 60 valence electrons. The molecule has 3 atom stereocenters. The molecule has 1 fully saturated rings. The number of aliphatic hydroxyl groups excluding tert-OH is 3. The number of rotatable bonds is 1. The lowest BCUT2D eigenvalue weighted by Gasteiger charge is -2.30. The lowest BCUT2D eigenvalue weighted by atomic mass is 10.0. The van der Waals surface area contributed by atoms with E-state index < -0.39 is 12.2 Å². The van der Waals surface area contributed by atoms with Crippen molar-refractivity contribution < 1.29 is 15.3 Å². The molecule has 1 aliphatic heterocycles. The van der Waals surface area contributed by atoms with Crippen molar-refractivity contribution in [2.75, 3.05) is 13.2 Å². The summed E-state index contributed by atoms with van der Waals surface area (Å²) in [7, 11) is 0. The Morgan fingerprint density at radius 3 is 2.60 bits per heavy atom. The number of piperidine rings is 1. The summed E-state index contributed by atoms with van der Waals surface area (Å²) in [5.41, 5.74) is 0. The van der Waals surface area contributed by atoms with Crippen LogP contribution in [0.4, 0.5) is 0 Å². The summed E-state index contributed by atoms with van der Waals surface area (Å²) in [6, 6.07) is -0.261. The van der Waals surface area contributed by atoms with Gasteiger partial charge in [-0.05, 0) is 0 Å². The largest absolute Gasteiger partial charge is 0.395 e. The first-order chi connectivity index (χ1) is 4.74. The maximum absolute atomic E-state index is 9.16. The van der Waals surface area contributed by atoms with Crippen molar-refractivity contribution in [2.45, 2.75) is 24.7 Å². The molecule has 0 saturated carbocycles. The van der Waals surface area contributed by atoms with Gasteiger partial charge in [0.25, 0.3) is 0 Å². The second-order valence-corrected chi connectivity index (χ2v) is 2.65. The van der Waals surface area contributed by atoms with E-state index in [2.05, 4.69) is 5.32 Å². The third-order valence-electron chi connectivity index (χ3n) is 1.79. The first kappa shape index (κ1) is 7.94. The monoisotopic (exact) mass is 147 g/mol.